The number of carbonyl (C=O) groups excluding carboxylic acids is 1. The lowest BCUT2D eigenvalue weighted by molar-refractivity contribution is -0.113. The highest BCUT2D eigenvalue weighted by molar-refractivity contribution is 7.99. The lowest BCUT2D eigenvalue weighted by atomic mass is 10.1. The van der Waals surface area contributed by atoms with E-state index in [1.54, 1.807) is 30.3 Å². The van der Waals surface area contributed by atoms with Gasteiger partial charge < -0.3 is 14.8 Å². The maximum absolute atomic E-state index is 13.7. The van der Waals surface area contributed by atoms with Crippen LogP contribution in [-0.4, -0.2) is 44.3 Å². The van der Waals surface area contributed by atoms with Crippen molar-refractivity contribution in [1.82, 2.24) is 9.97 Å². The molecule has 0 radical (unpaired) electrons. The van der Waals surface area contributed by atoms with Gasteiger partial charge in [-0.3, -0.25) is 9.10 Å². The lowest BCUT2D eigenvalue weighted by Crippen LogP contribution is -2.34. The van der Waals surface area contributed by atoms with E-state index in [-0.39, 0.29) is 23.1 Å². The normalized spacial score (nSPS) is 13.3. The molecule has 4 aromatic rings. The quantitative estimate of drug-likeness (QED) is 0.238. The van der Waals surface area contributed by atoms with Gasteiger partial charge in [-0.2, -0.15) is 0 Å². The first-order valence-corrected chi connectivity index (χ1v) is 14.4. The summed E-state index contributed by atoms with van der Waals surface area (Å²) in [7, 11) is -0.848. The third-order valence-electron chi connectivity index (χ3n) is 6.14. The van der Waals surface area contributed by atoms with Crippen LogP contribution in [0.25, 0.3) is 11.3 Å². The van der Waals surface area contributed by atoms with Gasteiger partial charge in [0.2, 0.25) is 5.91 Å². The van der Waals surface area contributed by atoms with E-state index in [1.165, 1.54) is 24.7 Å². The van der Waals surface area contributed by atoms with Crippen molar-refractivity contribution in [2.75, 3.05) is 29.6 Å². The van der Waals surface area contributed by atoms with E-state index in [9.17, 15) is 13.2 Å². The van der Waals surface area contributed by atoms with Gasteiger partial charge in [0.05, 0.1) is 44.1 Å². The number of nitrogens with one attached hydrogen (secondary N) is 1. The number of rotatable bonds is 8. The molecule has 39 heavy (non-hydrogen) atoms. The number of hydrogen-bond acceptors (Lipinski definition) is 8. The number of carbonyl (C=O) groups is 1. The van der Waals surface area contributed by atoms with Gasteiger partial charge in [0.1, 0.15) is 16.4 Å². The fraction of sp³-hybridized carbons (Fsp3) is 0.179. The molecule has 0 spiro atoms. The fourth-order valence-electron chi connectivity index (χ4n) is 4.18. The SMILES string of the molecule is COc1cc(NC(=O)CSc2ncc3c(n2)-c2ccccc2N(Cc2ccc(C)cc2)S3(=O)=O)cc(OC)c1. The number of nitrogens with zero attached hydrogens (tertiary/aromatic N) is 3. The molecule has 0 fully saturated rings. The maximum Gasteiger partial charge on any atom is 0.268 e. The molecule has 3 aromatic carbocycles. The average Bonchev–Trinajstić information content (AvgIpc) is 2.94. The molecule has 0 saturated heterocycles. The number of hydrogen-bond donors (Lipinski definition) is 1. The molecular formula is C28H26N4O5S2. The Morgan fingerprint density at radius 1 is 1.00 bits per heavy atom. The van der Waals surface area contributed by atoms with Crippen LogP contribution in [0.5, 0.6) is 11.5 Å². The van der Waals surface area contributed by atoms with Crippen LogP contribution < -0.4 is 19.1 Å². The average molecular weight is 563 g/mol. The molecule has 200 valence electrons. The van der Waals surface area contributed by atoms with Crippen LogP contribution in [0.1, 0.15) is 11.1 Å². The largest absolute Gasteiger partial charge is 0.497 e. The number of sulfonamides is 1. The van der Waals surface area contributed by atoms with Crippen LogP contribution in [0.15, 0.2) is 83.0 Å². The predicted molar refractivity (Wildman–Crippen MR) is 151 cm³/mol. The molecule has 0 aliphatic carbocycles. The van der Waals surface area contributed by atoms with Crippen molar-refractivity contribution in [2.24, 2.45) is 0 Å². The van der Waals surface area contributed by atoms with Gasteiger partial charge in [0, 0.05) is 29.4 Å². The Labute approximate surface area is 231 Å². The number of para-hydroxylation sites is 1. The molecule has 11 heteroatoms. The van der Waals surface area contributed by atoms with E-state index in [4.69, 9.17) is 9.47 Å². The van der Waals surface area contributed by atoms with Gasteiger partial charge in [0.25, 0.3) is 10.0 Å². The van der Waals surface area contributed by atoms with Crippen LogP contribution in [0.4, 0.5) is 11.4 Å². The molecule has 1 amide bonds. The van der Waals surface area contributed by atoms with Gasteiger partial charge in [-0.25, -0.2) is 18.4 Å². The minimum atomic E-state index is -3.91. The fourth-order valence-corrected chi connectivity index (χ4v) is 6.36. The van der Waals surface area contributed by atoms with Crippen molar-refractivity contribution in [3.63, 3.8) is 0 Å². The first-order valence-electron chi connectivity index (χ1n) is 12.0. The summed E-state index contributed by atoms with van der Waals surface area (Å²) in [5.74, 6) is 0.832. The topological polar surface area (TPSA) is 111 Å². The third kappa shape index (κ3) is 5.55. The van der Waals surface area contributed by atoms with Crippen LogP contribution >= 0.6 is 11.8 Å². The van der Waals surface area contributed by atoms with Crippen molar-refractivity contribution in [3.8, 4) is 22.8 Å². The number of methoxy groups -OCH3 is 2. The molecule has 1 N–H and O–H groups in total. The summed E-state index contributed by atoms with van der Waals surface area (Å²) < 4.78 is 39.2. The predicted octanol–water partition coefficient (Wildman–Crippen LogP) is 4.91. The minimum Gasteiger partial charge on any atom is -0.497 e. The summed E-state index contributed by atoms with van der Waals surface area (Å²) in [6.45, 7) is 2.17. The van der Waals surface area contributed by atoms with Gasteiger partial charge in [-0.15, -0.1) is 0 Å². The van der Waals surface area contributed by atoms with E-state index in [2.05, 4.69) is 15.3 Å². The number of aryl methyl sites for hydroxylation is 1. The highest BCUT2D eigenvalue weighted by Gasteiger charge is 2.36. The molecule has 1 aromatic heterocycles. The number of aromatic nitrogens is 2. The summed E-state index contributed by atoms with van der Waals surface area (Å²) in [6.07, 6.45) is 1.32. The minimum absolute atomic E-state index is 0.0201. The molecule has 1 aliphatic rings. The summed E-state index contributed by atoms with van der Waals surface area (Å²) in [5, 5.41) is 3.10. The Balaban J connectivity index is 1.38. The van der Waals surface area contributed by atoms with E-state index >= 15 is 0 Å². The molecule has 0 saturated carbocycles. The molecule has 1 aliphatic heterocycles. The molecule has 5 rings (SSSR count). The molecular weight excluding hydrogens is 536 g/mol. The second-order valence-corrected chi connectivity index (χ2v) is 11.6. The van der Waals surface area contributed by atoms with Gasteiger partial charge in [-0.1, -0.05) is 59.8 Å². The number of fused-ring (bicyclic) bond motifs is 3. The summed E-state index contributed by atoms with van der Waals surface area (Å²) in [4.78, 5) is 21.5. The third-order valence-corrected chi connectivity index (χ3v) is 8.77. The Kier molecular flexibility index (Phi) is 7.45. The Bertz CT molecular complexity index is 1620. The van der Waals surface area contributed by atoms with Crippen LogP contribution in [-0.2, 0) is 21.4 Å². The van der Waals surface area contributed by atoms with Gasteiger partial charge >= 0.3 is 0 Å². The molecule has 9 nitrogen and oxygen atoms in total. The monoisotopic (exact) mass is 562 g/mol. The molecule has 0 atom stereocenters. The van der Waals surface area contributed by atoms with E-state index < -0.39 is 10.0 Å². The van der Waals surface area contributed by atoms with Crippen molar-refractivity contribution >= 4 is 39.1 Å². The molecule has 0 bridgehead atoms. The number of anilines is 2. The summed E-state index contributed by atoms with van der Waals surface area (Å²) in [5.41, 5.74) is 4.05. The smallest absolute Gasteiger partial charge is 0.268 e. The highest BCUT2D eigenvalue weighted by atomic mass is 32.2. The van der Waals surface area contributed by atoms with Crippen molar-refractivity contribution in [1.29, 1.82) is 0 Å². The zero-order valence-corrected chi connectivity index (χ0v) is 23.2. The zero-order chi connectivity index (χ0) is 27.6. The number of benzene rings is 3. The number of thioether (sulfide) groups is 1. The van der Waals surface area contributed by atoms with Crippen molar-refractivity contribution < 1.29 is 22.7 Å². The standard InChI is InChI=1S/C28H26N4O5S2/c1-18-8-10-19(11-9-18)16-32-24-7-5-4-6-23(24)27-25(39(32,34)35)15-29-28(31-27)38-17-26(33)30-20-12-21(36-2)14-22(13-20)37-3/h4-15H,16-17H2,1-3H3,(H,30,33). The Hall–Kier alpha value is -4.09. The van der Waals surface area contributed by atoms with E-state index in [1.807, 2.05) is 43.3 Å². The van der Waals surface area contributed by atoms with Gasteiger partial charge in [-0.05, 0) is 18.6 Å². The van der Waals surface area contributed by atoms with Crippen LogP contribution in [0, 0.1) is 6.92 Å². The number of amides is 1. The Morgan fingerprint density at radius 3 is 2.38 bits per heavy atom. The van der Waals surface area contributed by atoms with Crippen LogP contribution in [0.3, 0.4) is 0 Å². The molecule has 2 heterocycles. The van der Waals surface area contributed by atoms with E-state index in [0.717, 1.165) is 22.9 Å². The summed E-state index contributed by atoms with van der Waals surface area (Å²) in [6, 6.07) is 20.1. The van der Waals surface area contributed by atoms with E-state index in [0.29, 0.717) is 39.3 Å². The first kappa shape index (κ1) is 26.5. The lowest BCUT2D eigenvalue weighted by Gasteiger charge is -2.31. The second kappa shape index (κ2) is 11.0. The summed E-state index contributed by atoms with van der Waals surface area (Å²) >= 11 is 1.11. The Morgan fingerprint density at radius 2 is 1.69 bits per heavy atom. The second-order valence-electron chi connectivity index (χ2n) is 8.82. The number of ether oxygens (including phenoxy) is 2. The maximum atomic E-state index is 13.7. The highest BCUT2D eigenvalue weighted by Crippen LogP contribution is 2.42. The van der Waals surface area contributed by atoms with Crippen molar-refractivity contribution in [3.05, 3.63) is 84.1 Å². The van der Waals surface area contributed by atoms with Crippen molar-refractivity contribution in [2.45, 2.75) is 23.5 Å². The molecule has 0 unspecified atom stereocenters. The van der Waals surface area contributed by atoms with Gasteiger partial charge in [0.15, 0.2) is 5.16 Å². The zero-order valence-electron chi connectivity index (χ0n) is 21.5. The first-order chi connectivity index (χ1) is 18.8. The van der Waals surface area contributed by atoms with Crippen LogP contribution in [0.2, 0.25) is 0 Å².